The van der Waals surface area contributed by atoms with Crippen molar-refractivity contribution in [1.29, 1.82) is 0 Å². The maximum absolute atomic E-state index is 12.5. The Balaban J connectivity index is 2.24. The van der Waals surface area contributed by atoms with E-state index in [2.05, 4.69) is 5.32 Å². The molecule has 0 aliphatic carbocycles. The molecule has 0 unspecified atom stereocenters. The molecule has 0 saturated carbocycles. The van der Waals surface area contributed by atoms with Gasteiger partial charge in [0.15, 0.2) is 0 Å². The Morgan fingerprint density at radius 2 is 1.65 bits per heavy atom. The highest BCUT2D eigenvalue weighted by atomic mass is 16.2. The molecule has 0 saturated heterocycles. The zero-order chi connectivity index (χ0) is 17.0. The van der Waals surface area contributed by atoms with E-state index in [0.29, 0.717) is 5.56 Å². The summed E-state index contributed by atoms with van der Waals surface area (Å²) in [5.74, 6) is -1.03. The lowest BCUT2D eigenvalue weighted by Crippen LogP contribution is -2.47. The molecular formula is C19H22N2O2. The van der Waals surface area contributed by atoms with Gasteiger partial charge in [-0.15, -0.1) is 0 Å². The fourth-order valence-electron chi connectivity index (χ4n) is 2.61. The predicted molar refractivity (Wildman–Crippen MR) is 91.2 cm³/mol. The van der Waals surface area contributed by atoms with Crippen LogP contribution in [0.25, 0.3) is 0 Å². The Labute approximate surface area is 136 Å². The van der Waals surface area contributed by atoms with E-state index in [9.17, 15) is 9.59 Å². The van der Waals surface area contributed by atoms with Crippen molar-refractivity contribution in [3.63, 3.8) is 0 Å². The third-order valence-corrected chi connectivity index (χ3v) is 4.27. The molecule has 0 bridgehead atoms. The van der Waals surface area contributed by atoms with Crippen LogP contribution < -0.4 is 11.1 Å². The molecule has 4 heteroatoms. The second kappa shape index (κ2) is 7.09. The maximum Gasteiger partial charge on any atom is 0.252 e. The minimum atomic E-state index is -0.759. The van der Waals surface area contributed by atoms with Crippen molar-refractivity contribution in [3.05, 3.63) is 70.8 Å². The third kappa shape index (κ3) is 3.77. The topological polar surface area (TPSA) is 72.2 Å². The van der Waals surface area contributed by atoms with Gasteiger partial charge in [-0.1, -0.05) is 49.4 Å². The number of hydrogen-bond acceptors (Lipinski definition) is 2. The highest BCUT2D eigenvalue weighted by Gasteiger charge is 2.26. The molecule has 2 rings (SSSR count). The van der Waals surface area contributed by atoms with Crippen molar-refractivity contribution in [2.45, 2.75) is 32.7 Å². The second-order valence-electron chi connectivity index (χ2n) is 5.80. The first-order chi connectivity index (χ1) is 10.9. The van der Waals surface area contributed by atoms with Crippen LogP contribution in [-0.2, 0) is 4.79 Å². The molecule has 2 amide bonds. The van der Waals surface area contributed by atoms with E-state index in [1.165, 1.54) is 0 Å². The van der Waals surface area contributed by atoms with E-state index < -0.39 is 11.9 Å². The Morgan fingerprint density at radius 1 is 1.00 bits per heavy atom. The standard InChI is InChI=1S/C19H22N2O2/c1-12-8-7-11-16(13(12)2)19(23)21-17(18(20)22)14(3)15-9-5-4-6-10-15/h4-11,14,17H,1-3H3,(H2,20,22)(H,21,23)/t14-,17-/m0/s1. The van der Waals surface area contributed by atoms with Gasteiger partial charge in [-0.25, -0.2) is 0 Å². The minimum absolute atomic E-state index is 0.206. The SMILES string of the molecule is Cc1cccc(C(=O)N[C@H](C(N)=O)[C@@H](C)c2ccccc2)c1C. The van der Waals surface area contributed by atoms with Crippen LogP contribution in [-0.4, -0.2) is 17.9 Å². The monoisotopic (exact) mass is 310 g/mol. The van der Waals surface area contributed by atoms with Crippen molar-refractivity contribution in [2.24, 2.45) is 5.73 Å². The number of nitrogens with one attached hydrogen (secondary N) is 1. The Hall–Kier alpha value is -2.62. The fraction of sp³-hybridized carbons (Fsp3) is 0.263. The van der Waals surface area contributed by atoms with E-state index in [1.807, 2.05) is 63.2 Å². The average molecular weight is 310 g/mol. The summed E-state index contributed by atoms with van der Waals surface area (Å²) in [6.07, 6.45) is 0. The summed E-state index contributed by atoms with van der Waals surface area (Å²) in [5.41, 5.74) is 8.97. The van der Waals surface area contributed by atoms with E-state index in [4.69, 9.17) is 5.73 Å². The summed E-state index contributed by atoms with van der Waals surface area (Å²) in [5, 5.41) is 2.79. The first-order valence-corrected chi connectivity index (χ1v) is 7.63. The van der Waals surface area contributed by atoms with Gasteiger partial charge in [0, 0.05) is 11.5 Å². The quantitative estimate of drug-likeness (QED) is 0.891. The van der Waals surface area contributed by atoms with E-state index in [0.717, 1.165) is 16.7 Å². The van der Waals surface area contributed by atoms with Gasteiger partial charge in [0.2, 0.25) is 5.91 Å². The Morgan fingerprint density at radius 3 is 2.26 bits per heavy atom. The molecule has 0 aromatic heterocycles. The zero-order valence-corrected chi connectivity index (χ0v) is 13.7. The molecule has 0 heterocycles. The van der Waals surface area contributed by atoms with Crippen LogP contribution in [0.2, 0.25) is 0 Å². The molecule has 3 N–H and O–H groups in total. The number of aryl methyl sites for hydroxylation is 1. The van der Waals surface area contributed by atoms with Gasteiger partial charge in [-0.3, -0.25) is 9.59 Å². The summed E-state index contributed by atoms with van der Waals surface area (Å²) in [4.78, 5) is 24.4. The molecule has 23 heavy (non-hydrogen) atoms. The van der Waals surface area contributed by atoms with Crippen LogP contribution in [0.1, 0.15) is 39.9 Å². The summed E-state index contributed by atoms with van der Waals surface area (Å²) in [6, 6.07) is 14.3. The largest absolute Gasteiger partial charge is 0.368 e. The molecule has 0 spiro atoms. The molecule has 0 radical (unpaired) electrons. The Kier molecular flexibility index (Phi) is 5.16. The highest BCUT2D eigenvalue weighted by molar-refractivity contribution is 5.98. The lowest BCUT2D eigenvalue weighted by atomic mass is 9.92. The molecule has 2 aromatic carbocycles. The number of nitrogens with two attached hydrogens (primary N) is 1. The smallest absolute Gasteiger partial charge is 0.252 e. The van der Waals surface area contributed by atoms with Crippen molar-refractivity contribution in [3.8, 4) is 0 Å². The van der Waals surface area contributed by atoms with Gasteiger partial charge in [0.1, 0.15) is 6.04 Å². The average Bonchev–Trinajstić information content (AvgIpc) is 2.55. The maximum atomic E-state index is 12.5. The molecule has 4 nitrogen and oxygen atoms in total. The van der Waals surface area contributed by atoms with Crippen LogP contribution in [0.15, 0.2) is 48.5 Å². The highest BCUT2D eigenvalue weighted by Crippen LogP contribution is 2.20. The number of amides is 2. The van der Waals surface area contributed by atoms with Crippen molar-refractivity contribution < 1.29 is 9.59 Å². The van der Waals surface area contributed by atoms with Crippen LogP contribution in [0.5, 0.6) is 0 Å². The molecule has 0 aliphatic heterocycles. The van der Waals surface area contributed by atoms with Crippen LogP contribution in [0.4, 0.5) is 0 Å². The van der Waals surface area contributed by atoms with Crippen molar-refractivity contribution >= 4 is 11.8 Å². The van der Waals surface area contributed by atoms with Crippen LogP contribution >= 0.6 is 0 Å². The van der Waals surface area contributed by atoms with Gasteiger partial charge in [0.25, 0.3) is 5.91 Å². The number of rotatable bonds is 5. The lowest BCUT2D eigenvalue weighted by Gasteiger charge is -2.23. The van der Waals surface area contributed by atoms with Crippen LogP contribution in [0, 0.1) is 13.8 Å². The minimum Gasteiger partial charge on any atom is -0.368 e. The summed E-state index contributed by atoms with van der Waals surface area (Å²) < 4.78 is 0. The van der Waals surface area contributed by atoms with Gasteiger partial charge in [0.05, 0.1) is 0 Å². The molecule has 120 valence electrons. The second-order valence-corrected chi connectivity index (χ2v) is 5.80. The van der Waals surface area contributed by atoms with Gasteiger partial charge < -0.3 is 11.1 Å². The van der Waals surface area contributed by atoms with Gasteiger partial charge in [-0.05, 0) is 36.6 Å². The molecule has 2 atom stereocenters. The number of carbonyl (C=O) groups is 2. The first-order valence-electron chi connectivity index (χ1n) is 7.63. The van der Waals surface area contributed by atoms with Crippen molar-refractivity contribution in [1.82, 2.24) is 5.32 Å². The summed E-state index contributed by atoms with van der Waals surface area (Å²) in [7, 11) is 0. The number of hydrogen-bond donors (Lipinski definition) is 2. The number of carbonyl (C=O) groups excluding carboxylic acids is 2. The number of benzene rings is 2. The normalized spacial score (nSPS) is 13.2. The predicted octanol–water partition coefficient (Wildman–Crippen LogP) is 2.69. The molecule has 2 aromatic rings. The molecule has 0 aliphatic rings. The van der Waals surface area contributed by atoms with E-state index in [1.54, 1.807) is 6.07 Å². The van der Waals surface area contributed by atoms with Crippen molar-refractivity contribution in [2.75, 3.05) is 0 Å². The van der Waals surface area contributed by atoms with E-state index in [-0.39, 0.29) is 11.8 Å². The van der Waals surface area contributed by atoms with Gasteiger partial charge in [-0.2, -0.15) is 0 Å². The third-order valence-electron chi connectivity index (χ3n) is 4.27. The first kappa shape index (κ1) is 16.7. The Bertz CT molecular complexity index is 711. The molecular weight excluding hydrogens is 288 g/mol. The fourth-order valence-corrected chi connectivity index (χ4v) is 2.61. The van der Waals surface area contributed by atoms with Crippen LogP contribution in [0.3, 0.4) is 0 Å². The van der Waals surface area contributed by atoms with E-state index >= 15 is 0 Å². The number of primary amides is 1. The lowest BCUT2D eigenvalue weighted by molar-refractivity contribution is -0.120. The summed E-state index contributed by atoms with van der Waals surface area (Å²) in [6.45, 7) is 5.72. The van der Waals surface area contributed by atoms with Gasteiger partial charge >= 0.3 is 0 Å². The summed E-state index contributed by atoms with van der Waals surface area (Å²) >= 11 is 0. The molecule has 0 fully saturated rings. The zero-order valence-electron chi connectivity index (χ0n) is 13.7.